The molecule has 1 N–H and O–H groups in total. The molecule has 4 nitrogen and oxygen atoms in total. The molecule has 18 heavy (non-hydrogen) atoms. The first-order valence-electron chi connectivity index (χ1n) is 5.90. The predicted molar refractivity (Wildman–Crippen MR) is 71.8 cm³/mol. The highest BCUT2D eigenvalue weighted by Gasteiger charge is 2.16. The van der Waals surface area contributed by atoms with Crippen molar-refractivity contribution >= 4 is 17.7 Å². The number of aromatic carboxylic acids is 1. The average molecular weight is 270 g/mol. The summed E-state index contributed by atoms with van der Waals surface area (Å²) in [5.41, 5.74) is 0.237. The van der Waals surface area contributed by atoms with Crippen LogP contribution in [0.25, 0.3) is 0 Å². The number of thioether (sulfide) groups is 1. The van der Waals surface area contributed by atoms with E-state index in [1.165, 1.54) is 11.8 Å². The lowest BCUT2D eigenvalue weighted by Crippen LogP contribution is -2.10. The van der Waals surface area contributed by atoms with E-state index < -0.39 is 5.97 Å². The topological polar surface area (TPSA) is 55.8 Å². The Bertz CT molecular complexity index is 393. The smallest absolute Gasteiger partial charge is 0.340 e. The summed E-state index contributed by atoms with van der Waals surface area (Å²) in [5, 5.41) is 9.25. The molecule has 1 aromatic rings. The number of benzene rings is 1. The van der Waals surface area contributed by atoms with E-state index in [2.05, 4.69) is 0 Å². The fourth-order valence-corrected chi connectivity index (χ4v) is 2.29. The second kappa shape index (κ2) is 8.00. The first-order chi connectivity index (χ1) is 8.70. The molecule has 0 unspecified atom stereocenters. The van der Waals surface area contributed by atoms with Gasteiger partial charge in [0, 0.05) is 11.5 Å². The molecule has 1 aromatic carbocycles. The number of ether oxygens (including phenoxy) is 2. The van der Waals surface area contributed by atoms with Gasteiger partial charge in [-0.25, -0.2) is 4.79 Å². The first-order valence-corrected chi connectivity index (χ1v) is 6.88. The van der Waals surface area contributed by atoms with Crippen molar-refractivity contribution in [2.45, 2.75) is 18.7 Å². The summed E-state index contributed by atoms with van der Waals surface area (Å²) >= 11 is 1.50. The van der Waals surface area contributed by atoms with Crippen molar-refractivity contribution in [2.75, 3.05) is 25.6 Å². The maximum atomic E-state index is 11.3. The van der Waals surface area contributed by atoms with Crippen molar-refractivity contribution in [3.63, 3.8) is 0 Å². The average Bonchev–Trinajstić information content (AvgIpc) is 2.35. The minimum Gasteiger partial charge on any atom is -0.490 e. The minimum atomic E-state index is -0.960. The first kappa shape index (κ1) is 14.9. The van der Waals surface area contributed by atoms with Crippen LogP contribution >= 0.6 is 11.8 Å². The summed E-state index contributed by atoms with van der Waals surface area (Å²) in [6, 6.07) is 5.28. The van der Waals surface area contributed by atoms with Crippen LogP contribution in [-0.2, 0) is 4.74 Å². The molecule has 0 aromatic heterocycles. The Labute approximate surface area is 111 Å². The minimum absolute atomic E-state index is 0.237. The summed E-state index contributed by atoms with van der Waals surface area (Å²) in [6.07, 6.45) is 0. The summed E-state index contributed by atoms with van der Waals surface area (Å²) in [6.45, 7) is 5.33. The molecule has 0 bridgehead atoms. The van der Waals surface area contributed by atoms with Crippen LogP contribution in [0.5, 0.6) is 5.75 Å². The summed E-state index contributed by atoms with van der Waals surface area (Å²) in [5.74, 6) is 0.265. The molecule has 0 aliphatic carbocycles. The number of hydrogen-bond acceptors (Lipinski definition) is 4. The van der Waals surface area contributed by atoms with E-state index in [-0.39, 0.29) is 5.56 Å². The second-order valence-electron chi connectivity index (χ2n) is 3.41. The maximum absolute atomic E-state index is 11.3. The van der Waals surface area contributed by atoms with Gasteiger partial charge in [0.2, 0.25) is 0 Å². The van der Waals surface area contributed by atoms with Gasteiger partial charge in [-0.2, -0.15) is 0 Å². The molecule has 1 rings (SSSR count). The molecular weight excluding hydrogens is 252 g/mol. The quantitative estimate of drug-likeness (QED) is 0.581. The molecule has 0 fully saturated rings. The lowest BCUT2D eigenvalue weighted by molar-refractivity contribution is 0.0682. The Kier molecular flexibility index (Phi) is 6.60. The van der Waals surface area contributed by atoms with Crippen LogP contribution in [0.15, 0.2) is 23.1 Å². The molecule has 100 valence electrons. The molecule has 0 amide bonds. The third-order valence-corrected chi connectivity index (χ3v) is 3.13. The van der Waals surface area contributed by atoms with E-state index in [1.807, 2.05) is 13.8 Å². The van der Waals surface area contributed by atoms with Crippen molar-refractivity contribution in [3.05, 3.63) is 23.8 Å². The van der Waals surface area contributed by atoms with Crippen LogP contribution in [0.4, 0.5) is 0 Å². The molecule has 0 spiro atoms. The predicted octanol–water partition coefficient (Wildman–Crippen LogP) is 2.91. The summed E-state index contributed by atoms with van der Waals surface area (Å²) < 4.78 is 10.6. The molecule has 0 aliphatic rings. The van der Waals surface area contributed by atoms with Gasteiger partial charge < -0.3 is 14.6 Å². The molecule has 0 saturated heterocycles. The van der Waals surface area contributed by atoms with Crippen LogP contribution in [0.3, 0.4) is 0 Å². The van der Waals surface area contributed by atoms with Crippen LogP contribution in [0, 0.1) is 0 Å². The molecule has 0 radical (unpaired) electrons. The van der Waals surface area contributed by atoms with Crippen LogP contribution in [0.1, 0.15) is 24.2 Å². The van der Waals surface area contributed by atoms with E-state index in [4.69, 9.17) is 9.47 Å². The fourth-order valence-electron chi connectivity index (χ4n) is 1.47. The summed E-state index contributed by atoms with van der Waals surface area (Å²) in [4.78, 5) is 12.0. The Morgan fingerprint density at radius 1 is 1.33 bits per heavy atom. The van der Waals surface area contributed by atoms with Gasteiger partial charge in [0.1, 0.15) is 17.9 Å². The number of carboxylic acids is 1. The Morgan fingerprint density at radius 2 is 2.11 bits per heavy atom. The Hall–Kier alpha value is -1.20. The van der Waals surface area contributed by atoms with Gasteiger partial charge >= 0.3 is 5.97 Å². The zero-order valence-electron chi connectivity index (χ0n) is 10.6. The largest absolute Gasteiger partial charge is 0.490 e. The number of carbonyl (C=O) groups is 1. The van der Waals surface area contributed by atoms with Crippen molar-refractivity contribution in [1.82, 2.24) is 0 Å². The highest BCUT2D eigenvalue weighted by Crippen LogP contribution is 2.30. The van der Waals surface area contributed by atoms with E-state index >= 15 is 0 Å². The Morgan fingerprint density at radius 3 is 2.72 bits per heavy atom. The van der Waals surface area contributed by atoms with Crippen molar-refractivity contribution in [2.24, 2.45) is 0 Å². The fraction of sp³-hybridized carbons (Fsp3) is 0.462. The SMILES string of the molecule is CCOCCOc1cccc(SCC)c1C(=O)O. The monoisotopic (exact) mass is 270 g/mol. The third kappa shape index (κ3) is 4.23. The molecular formula is C13H18O4S. The molecule has 0 heterocycles. The number of rotatable bonds is 8. The zero-order chi connectivity index (χ0) is 13.4. The van der Waals surface area contributed by atoms with Crippen molar-refractivity contribution < 1.29 is 19.4 Å². The maximum Gasteiger partial charge on any atom is 0.340 e. The van der Waals surface area contributed by atoms with Crippen LogP contribution in [-0.4, -0.2) is 36.6 Å². The highest BCUT2D eigenvalue weighted by atomic mass is 32.2. The second-order valence-corrected chi connectivity index (χ2v) is 4.72. The van der Waals surface area contributed by atoms with Gasteiger partial charge in [-0.3, -0.25) is 0 Å². The highest BCUT2D eigenvalue weighted by molar-refractivity contribution is 7.99. The molecule has 5 heteroatoms. The van der Waals surface area contributed by atoms with Gasteiger partial charge in [0.25, 0.3) is 0 Å². The summed E-state index contributed by atoms with van der Waals surface area (Å²) in [7, 11) is 0. The Balaban J connectivity index is 2.82. The van der Waals surface area contributed by atoms with Gasteiger partial charge in [0.05, 0.1) is 6.61 Å². The standard InChI is InChI=1S/C13H18O4S/c1-3-16-8-9-17-10-6-5-7-11(18-4-2)12(10)13(14)15/h5-7H,3-4,8-9H2,1-2H3,(H,14,15). The van der Waals surface area contributed by atoms with E-state index in [9.17, 15) is 9.90 Å². The molecule has 0 atom stereocenters. The van der Waals surface area contributed by atoms with Gasteiger partial charge in [-0.05, 0) is 24.8 Å². The van der Waals surface area contributed by atoms with Crippen molar-refractivity contribution in [1.29, 1.82) is 0 Å². The third-order valence-electron chi connectivity index (χ3n) is 2.19. The van der Waals surface area contributed by atoms with E-state index in [0.29, 0.717) is 25.6 Å². The lowest BCUT2D eigenvalue weighted by Gasteiger charge is -2.12. The number of hydrogen-bond donors (Lipinski definition) is 1. The molecule has 0 saturated carbocycles. The van der Waals surface area contributed by atoms with Gasteiger partial charge in [-0.15, -0.1) is 11.8 Å². The van der Waals surface area contributed by atoms with Gasteiger partial charge in [-0.1, -0.05) is 13.0 Å². The zero-order valence-corrected chi connectivity index (χ0v) is 11.5. The lowest BCUT2D eigenvalue weighted by atomic mass is 10.2. The van der Waals surface area contributed by atoms with Crippen LogP contribution < -0.4 is 4.74 Å². The normalized spacial score (nSPS) is 10.3. The number of carboxylic acid groups (broad SMARTS) is 1. The van der Waals surface area contributed by atoms with Gasteiger partial charge in [0.15, 0.2) is 0 Å². The van der Waals surface area contributed by atoms with E-state index in [1.54, 1.807) is 18.2 Å². The van der Waals surface area contributed by atoms with Crippen molar-refractivity contribution in [3.8, 4) is 5.75 Å². The van der Waals surface area contributed by atoms with E-state index in [0.717, 1.165) is 10.6 Å². The molecule has 0 aliphatic heterocycles. The van der Waals surface area contributed by atoms with Crippen LogP contribution in [0.2, 0.25) is 0 Å².